The molecule has 0 aliphatic carbocycles. The Labute approximate surface area is 99.4 Å². The van der Waals surface area contributed by atoms with Crippen molar-refractivity contribution in [2.45, 2.75) is 4.90 Å². The van der Waals surface area contributed by atoms with E-state index in [4.69, 9.17) is 0 Å². The molecule has 76 valence electrons. The Morgan fingerprint density at radius 3 is 2.73 bits per heavy atom. The fraction of sp³-hybridized carbons (Fsp3) is 0. The third-order valence-corrected chi connectivity index (χ3v) is 4.91. The standard InChI is InChI=1S/C12H10BrNS/c13-9-3-4-10-11(7-9)14-8-12(10)15-5-1-2-6-15/h1-8,14-15H. The van der Waals surface area contributed by atoms with E-state index < -0.39 is 0 Å². The van der Waals surface area contributed by atoms with Crippen molar-refractivity contribution in [3.05, 3.63) is 51.8 Å². The number of benzene rings is 1. The van der Waals surface area contributed by atoms with Crippen LogP contribution in [0, 0.1) is 0 Å². The summed E-state index contributed by atoms with van der Waals surface area (Å²) in [5.74, 6) is 0. The number of thiol groups is 1. The van der Waals surface area contributed by atoms with Crippen LogP contribution in [0.1, 0.15) is 0 Å². The number of rotatable bonds is 1. The van der Waals surface area contributed by atoms with Gasteiger partial charge >= 0.3 is 0 Å². The Morgan fingerprint density at radius 1 is 1.13 bits per heavy atom. The summed E-state index contributed by atoms with van der Waals surface area (Å²) in [6.07, 6.45) is 6.38. The summed E-state index contributed by atoms with van der Waals surface area (Å²) in [6, 6.07) is 6.39. The van der Waals surface area contributed by atoms with Gasteiger partial charge in [-0.25, -0.2) is 0 Å². The van der Waals surface area contributed by atoms with Gasteiger partial charge in [0, 0.05) is 26.5 Å². The third kappa shape index (κ3) is 1.56. The van der Waals surface area contributed by atoms with Gasteiger partial charge in [0.1, 0.15) is 0 Å². The molecule has 3 heteroatoms. The predicted molar refractivity (Wildman–Crippen MR) is 71.5 cm³/mol. The van der Waals surface area contributed by atoms with Gasteiger partial charge in [0.15, 0.2) is 0 Å². The van der Waals surface area contributed by atoms with Crippen LogP contribution in [0.4, 0.5) is 0 Å². The maximum Gasteiger partial charge on any atom is 0.0476 e. The molecule has 0 unspecified atom stereocenters. The van der Waals surface area contributed by atoms with Crippen LogP contribution in [-0.2, 0) is 0 Å². The minimum Gasteiger partial charge on any atom is -0.360 e. The molecule has 1 aliphatic rings. The second-order valence-corrected chi connectivity index (χ2v) is 6.26. The molecule has 3 rings (SSSR count). The molecule has 1 aromatic carbocycles. The lowest BCUT2D eigenvalue weighted by Crippen LogP contribution is -1.71. The summed E-state index contributed by atoms with van der Waals surface area (Å²) in [5, 5.41) is 5.89. The highest BCUT2D eigenvalue weighted by Crippen LogP contribution is 2.45. The van der Waals surface area contributed by atoms with Crippen molar-refractivity contribution in [1.82, 2.24) is 4.98 Å². The van der Waals surface area contributed by atoms with E-state index in [2.05, 4.69) is 68.3 Å². The molecule has 1 aromatic heterocycles. The number of H-pyrrole nitrogens is 1. The second-order valence-electron chi connectivity index (χ2n) is 3.45. The molecule has 15 heavy (non-hydrogen) atoms. The summed E-state index contributed by atoms with van der Waals surface area (Å²) < 4.78 is 1.12. The number of hydrogen-bond donors (Lipinski definition) is 2. The van der Waals surface area contributed by atoms with Crippen LogP contribution in [0.2, 0.25) is 0 Å². The van der Waals surface area contributed by atoms with Gasteiger partial charge in [0.2, 0.25) is 0 Å². The molecule has 0 spiro atoms. The van der Waals surface area contributed by atoms with Crippen LogP contribution in [0.15, 0.2) is 56.7 Å². The Kier molecular flexibility index (Phi) is 2.22. The molecule has 1 N–H and O–H groups in total. The van der Waals surface area contributed by atoms with Gasteiger partial charge in [-0.1, -0.05) is 34.1 Å². The highest BCUT2D eigenvalue weighted by atomic mass is 79.9. The van der Waals surface area contributed by atoms with Gasteiger partial charge in [0.05, 0.1) is 0 Å². The fourth-order valence-electron chi connectivity index (χ4n) is 1.79. The number of fused-ring (bicyclic) bond motifs is 1. The Morgan fingerprint density at radius 2 is 1.93 bits per heavy atom. The molecule has 0 bridgehead atoms. The quantitative estimate of drug-likeness (QED) is 0.723. The molecule has 0 saturated heterocycles. The summed E-state index contributed by atoms with van der Waals surface area (Å²) in [7, 11) is -0.220. The summed E-state index contributed by atoms with van der Waals surface area (Å²) in [5.41, 5.74) is 1.20. The van der Waals surface area contributed by atoms with Crippen molar-refractivity contribution in [1.29, 1.82) is 0 Å². The van der Waals surface area contributed by atoms with Crippen LogP contribution >= 0.6 is 26.8 Å². The van der Waals surface area contributed by atoms with E-state index in [9.17, 15) is 0 Å². The Balaban J connectivity index is 2.20. The highest BCUT2D eigenvalue weighted by Gasteiger charge is 2.09. The monoisotopic (exact) mass is 279 g/mol. The van der Waals surface area contributed by atoms with Crippen molar-refractivity contribution < 1.29 is 0 Å². The van der Waals surface area contributed by atoms with Crippen molar-refractivity contribution in [2.24, 2.45) is 0 Å². The summed E-state index contributed by atoms with van der Waals surface area (Å²) >= 11 is 3.48. The molecule has 2 heterocycles. The largest absolute Gasteiger partial charge is 0.360 e. The van der Waals surface area contributed by atoms with E-state index in [-0.39, 0.29) is 10.9 Å². The average Bonchev–Trinajstić information content (AvgIpc) is 2.82. The van der Waals surface area contributed by atoms with Crippen molar-refractivity contribution in [3.8, 4) is 0 Å². The van der Waals surface area contributed by atoms with Gasteiger partial charge < -0.3 is 4.98 Å². The van der Waals surface area contributed by atoms with E-state index in [0.29, 0.717) is 0 Å². The maximum atomic E-state index is 3.48. The lowest BCUT2D eigenvalue weighted by molar-refractivity contribution is 1.41. The number of aromatic amines is 1. The normalized spacial score (nSPS) is 16.7. The minimum absolute atomic E-state index is 0.220. The van der Waals surface area contributed by atoms with E-state index in [1.165, 1.54) is 15.8 Å². The average molecular weight is 280 g/mol. The molecule has 0 amide bonds. The van der Waals surface area contributed by atoms with Crippen molar-refractivity contribution >= 4 is 37.7 Å². The molecule has 1 nitrogen and oxygen atoms in total. The molecule has 0 radical (unpaired) electrons. The van der Waals surface area contributed by atoms with Gasteiger partial charge in [-0.3, -0.25) is 0 Å². The fourth-order valence-corrected chi connectivity index (χ4v) is 3.83. The molecule has 0 atom stereocenters. The molecular weight excluding hydrogens is 270 g/mol. The summed E-state index contributed by atoms with van der Waals surface area (Å²) in [4.78, 5) is 4.74. The van der Waals surface area contributed by atoms with Gasteiger partial charge in [-0.15, -0.1) is 0 Å². The zero-order chi connectivity index (χ0) is 10.3. The topological polar surface area (TPSA) is 15.8 Å². The number of allylic oxidation sites excluding steroid dienone is 2. The van der Waals surface area contributed by atoms with Crippen LogP contribution < -0.4 is 0 Å². The van der Waals surface area contributed by atoms with Gasteiger partial charge in [0.25, 0.3) is 0 Å². The van der Waals surface area contributed by atoms with Crippen LogP contribution in [-0.4, -0.2) is 4.98 Å². The summed E-state index contributed by atoms with van der Waals surface area (Å²) in [6.45, 7) is 0. The number of aromatic nitrogens is 1. The van der Waals surface area contributed by atoms with Crippen molar-refractivity contribution in [2.75, 3.05) is 0 Å². The number of halogens is 1. The first-order chi connectivity index (χ1) is 7.34. The van der Waals surface area contributed by atoms with Gasteiger partial charge in [-0.05, 0) is 22.9 Å². The number of nitrogens with one attached hydrogen (secondary N) is 1. The zero-order valence-electron chi connectivity index (χ0n) is 7.94. The van der Waals surface area contributed by atoms with Crippen molar-refractivity contribution in [3.63, 3.8) is 0 Å². The van der Waals surface area contributed by atoms with E-state index in [1.807, 2.05) is 0 Å². The first-order valence-corrected chi connectivity index (χ1v) is 7.02. The molecular formula is C12H10BrNS. The van der Waals surface area contributed by atoms with E-state index in [1.54, 1.807) is 0 Å². The number of hydrogen-bond acceptors (Lipinski definition) is 0. The predicted octanol–water partition coefficient (Wildman–Crippen LogP) is 4.33. The molecule has 2 aromatic rings. The van der Waals surface area contributed by atoms with Gasteiger partial charge in [-0.2, -0.15) is 10.9 Å². The smallest absolute Gasteiger partial charge is 0.0476 e. The molecule has 0 fully saturated rings. The van der Waals surface area contributed by atoms with E-state index >= 15 is 0 Å². The third-order valence-electron chi connectivity index (χ3n) is 2.50. The Hall–Kier alpha value is -0.930. The first-order valence-electron chi connectivity index (χ1n) is 4.74. The van der Waals surface area contributed by atoms with E-state index in [0.717, 1.165) is 4.47 Å². The second kappa shape index (κ2) is 3.58. The van der Waals surface area contributed by atoms with Crippen LogP contribution in [0.25, 0.3) is 10.9 Å². The van der Waals surface area contributed by atoms with Crippen LogP contribution in [0.5, 0.6) is 0 Å². The zero-order valence-corrected chi connectivity index (χ0v) is 10.4. The lowest BCUT2D eigenvalue weighted by atomic mass is 10.2. The molecule has 0 saturated carbocycles. The first kappa shape index (κ1) is 9.31. The minimum atomic E-state index is -0.220. The highest BCUT2D eigenvalue weighted by molar-refractivity contribution is 9.10. The van der Waals surface area contributed by atoms with Crippen LogP contribution in [0.3, 0.4) is 0 Å². The molecule has 1 aliphatic heterocycles. The Bertz CT molecular complexity index is 556. The lowest BCUT2D eigenvalue weighted by Gasteiger charge is -2.07. The maximum absolute atomic E-state index is 3.48. The SMILES string of the molecule is Brc1ccc2c([SH]3C=CC=C3)c[nH]c2c1.